The van der Waals surface area contributed by atoms with Gasteiger partial charge in [0.15, 0.2) is 12.0 Å². The molecule has 0 aliphatic heterocycles. The summed E-state index contributed by atoms with van der Waals surface area (Å²) >= 11 is 0. The van der Waals surface area contributed by atoms with Gasteiger partial charge in [0.25, 0.3) is 0 Å². The molecule has 2 heterocycles. The molecule has 0 N–H and O–H groups in total. The van der Waals surface area contributed by atoms with Gasteiger partial charge in [0, 0.05) is 17.1 Å². The molecule has 4 heteroatoms. The maximum absolute atomic E-state index is 10.6. The number of benzene rings is 1. The summed E-state index contributed by atoms with van der Waals surface area (Å²) in [7, 11) is 0. The zero-order valence-corrected chi connectivity index (χ0v) is 10.0. The Labute approximate surface area is 109 Å². The highest BCUT2D eigenvalue weighted by atomic mass is 16.3. The third kappa shape index (κ3) is 2.02. The Bertz CT molecular complexity index is 790. The van der Waals surface area contributed by atoms with Crippen molar-refractivity contribution in [2.45, 2.75) is 6.54 Å². The van der Waals surface area contributed by atoms with Crippen molar-refractivity contribution in [1.29, 1.82) is 5.26 Å². The van der Waals surface area contributed by atoms with Gasteiger partial charge in [0.2, 0.25) is 0 Å². The molecule has 3 aromatic rings. The van der Waals surface area contributed by atoms with Crippen molar-refractivity contribution in [3.63, 3.8) is 0 Å². The van der Waals surface area contributed by atoms with E-state index in [9.17, 15) is 4.79 Å². The summed E-state index contributed by atoms with van der Waals surface area (Å²) in [6, 6.07) is 13.1. The molecule has 0 bridgehead atoms. The molecule has 0 saturated carbocycles. The zero-order chi connectivity index (χ0) is 13.2. The number of hydrogen-bond donors (Lipinski definition) is 0. The topological polar surface area (TPSA) is 58.9 Å². The summed E-state index contributed by atoms with van der Waals surface area (Å²) in [5.74, 6) is 1.06. The number of rotatable bonds is 3. The quantitative estimate of drug-likeness (QED) is 0.671. The van der Waals surface area contributed by atoms with Crippen LogP contribution in [-0.4, -0.2) is 10.9 Å². The summed E-state index contributed by atoms with van der Waals surface area (Å²) in [6.45, 7) is 0.559. The molecule has 2 aromatic heterocycles. The van der Waals surface area contributed by atoms with Crippen LogP contribution in [-0.2, 0) is 6.54 Å². The van der Waals surface area contributed by atoms with Crippen molar-refractivity contribution in [3.8, 4) is 6.07 Å². The third-order valence-corrected chi connectivity index (χ3v) is 3.02. The average molecular weight is 250 g/mol. The fraction of sp³-hybridized carbons (Fsp3) is 0.0667. The number of carbonyl (C=O) groups is 1. The average Bonchev–Trinajstić information content (AvgIpc) is 3.06. The predicted molar refractivity (Wildman–Crippen MR) is 69.9 cm³/mol. The lowest BCUT2D eigenvalue weighted by Gasteiger charge is -2.02. The van der Waals surface area contributed by atoms with Gasteiger partial charge in [0.1, 0.15) is 5.76 Å². The molecular formula is C15H10N2O2. The van der Waals surface area contributed by atoms with Gasteiger partial charge in [-0.25, -0.2) is 0 Å². The normalized spacial score (nSPS) is 10.5. The Hall–Kier alpha value is -2.80. The van der Waals surface area contributed by atoms with Crippen LogP contribution in [0, 0.1) is 11.3 Å². The summed E-state index contributed by atoms with van der Waals surface area (Å²) < 4.78 is 7.38. The minimum atomic E-state index is 0.332. The maximum Gasteiger partial charge on any atom is 0.185 e. The molecule has 0 atom stereocenters. The standard InChI is InChI=1S/C15H10N2O2/c16-8-11-1-4-15-12(7-11)5-6-17(15)9-13-2-3-14(10-18)19-13/h1-7,10H,9H2. The first-order chi connectivity index (χ1) is 9.30. The second-order valence-corrected chi connectivity index (χ2v) is 4.25. The van der Waals surface area contributed by atoms with Crippen LogP contribution in [0.2, 0.25) is 0 Å². The molecule has 0 unspecified atom stereocenters. The Morgan fingerprint density at radius 1 is 1.26 bits per heavy atom. The van der Waals surface area contributed by atoms with Crippen molar-refractivity contribution in [2.75, 3.05) is 0 Å². The fourth-order valence-corrected chi connectivity index (χ4v) is 2.12. The Balaban J connectivity index is 1.97. The van der Waals surface area contributed by atoms with Crippen molar-refractivity contribution in [1.82, 2.24) is 4.57 Å². The Kier molecular flexibility index (Phi) is 2.66. The summed E-state index contributed by atoms with van der Waals surface area (Å²) in [4.78, 5) is 10.6. The van der Waals surface area contributed by atoms with Crippen LogP contribution in [0.4, 0.5) is 0 Å². The molecule has 0 amide bonds. The van der Waals surface area contributed by atoms with E-state index in [-0.39, 0.29) is 0 Å². The smallest absolute Gasteiger partial charge is 0.185 e. The van der Waals surface area contributed by atoms with Gasteiger partial charge in [-0.2, -0.15) is 5.26 Å². The first-order valence-corrected chi connectivity index (χ1v) is 5.83. The second kappa shape index (κ2) is 4.46. The molecule has 0 fully saturated rings. The van der Waals surface area contributed by atoms with Gasteiger partial charge < -0.3 is 8.98 Å². The minimum Gasteiger partial charge on any atom is -0.456 e. The van der Waals surface area contributed by atoms with Gasteiger partial charge in [0.05, 0.1) is 18.2 Å². The lowest BCUT2D eigenvalue weighted by Crippen LogP contribution is -1.96. The van der Waals surface area contributed by atoms with Crippen molar-refractivity contribution >= 4 is 17.2 Å². The van der Waals surface area contributed by atoms with Gasteiger partial charge in [-0.1, -0.05) is 0 Å². The predicted octanol–water partition coefficient (Wildman–Crippen LogP) is 2.97. The van der Waals surface area contributed by atoms with Crippen LogP contribution in [0.1, 0.15) is 21.9 Å². The van der Waals surface area contributed by atoms with Crippen LogP contribution >= 0.6 is 0 Å². The SMILES string of the molecule is N#Cc1ccc2c(ccn2Cc2ccc(C=O)o2)c1. The number of fused-ring (bicyclic) bond motifs is 1. The number of furan rings is 1. The summed E-state index contributed by atoms with van der Waals surface area (Å²) in [5.41, 5.74) is 1.68. The first kappa shape index (κ1) is 11.3. The highest BCUT2D eigenvalue weighted by molar-refractivity contribution is 5.81. The maximum atomic E-state index is 10.6. The lowest BCUT2D eigenvalue weighted by molar-refractivity contribution is 0.109. The van der Waals surface area contributed by atoms with E-state index in [2.05, 4.69) is 6.07 Å². The van der Waals surface area contributed by atoms with E-state index in [1.165, 1.54) is 0 Å². The second-order valence-electron chi connectivity index (χ2n) is 4.25. The van der Waals surface area contributed by atoms with Gasteiger partial charge >= 0.3 is 0 Å². The molecule has 0 saturated heterocycles. The highest BCUT2D eigenvalue weighted by Crippen LogP contribution is 2.19. The summed E-state index contributed by atoms with van der Waals surface area (Å²) in [6.07, 6.45) is 2.63. The Morgan fingerprint density at radius 3 is 2.89 bits per heavy atom. The van der Waals surface area contributed by atoms with Gasteiger partial charge in [-0.15, -0.1) is 0 Å². The van der Waals surface area contributed by atoms with Crippen LogP contribution in [0.5, 0.6) is 0 Å². The highest BCUT2D eigenvalue weighted by Gasteiger charge is 2.06. The van der Waals surface area contributed by atoms with E-state index in [4.69, 9.17) is 9.68 Å². The molecule has 0 aliphatic carbocycles. The lowest BCUT2D eigenvalue weighted by atomic mass is 10.2. The van der Waals surface area contributed by atoms with E-state index in [1.54, 1.807) is 18.2 Å². The molecule has 0 aliphatic rings. The number of carbonyl (C=O) groups excluding carboxylic acids is 1. The number of aldehydes is 1. The largest absolute Gasteiger partial charge is 0.456 e. The van der Waals surface area contributed by atoms with Crippen LogP contribution in [0.25, 0.3) is 10.9 Å². The number of hydrogen-bond acceptors (Lipinski definition) is 3. The minimum absolute atomic E-state index is 0.332. The molecular weight excluding hydrogens is 240 g/mol. The van der Waals surface area contributed by atoms with Crippen molar-refractivity contribution in [2.24, 2.45) is 0 Å². The molecule has 19 heavy (non-hydrogen) atoms. The first-order valence-electron chi connectivity index (χ1n) is 5.83. The van der Waals surface area contributed by atoms with E-state index in [1.807, 2.05) is 29.0 Å². The summed E-state index contributed by atoms with van der Waals surface area (Å²) in [5, 5.41) is 9.88. The van der Waals surface area contributed by atoms with E-state index in [0.29, 0.717) is 24.2 Å². The van der Waals surface area contributed by atoms with Gasteiger partial charge in [-0.3, -0.25) is 4.79 Å². The number of nitriles is 1. The molecule has 4 nitrogen and oxygen atoms in total. The molecule has 0 radical (unpaired) electrons. The zero-order valence-electron chi connectivity index (χ0n) is 10.0. The van der Waals surface area contributed by atoms with Crippen molar-refractivity contribution < 1.29 is 9.21 Å². The number of nitrogens with zero attached hydrogens (tertiary/aromatic N) is 2. The number of aromatic nitrogens is 1. The van der Waals surface area contributed by atoms with Crippen LogP contribution < -0.4 is 0 Å². The monoisotopic (exact) mass is 250 g/mol. The van der Waals surface area contributed by atoms with Crippen molar-refractivity contribution in [3.05, 3.63) is 59.7 Å². The molecule has 92 valence electrons. The van der Waals surface area contributed by atoms with Crippen LogP contribution in [0.3, 0.4) is 0 Å². The van der Waals surface area contributed by atoms with E-state index < -0.39 is 0 Å². The van der Waals surface area contributed by atoms with E-state index >= 15 is 0 Å². The molecule has 3 rings (SSSR count). The molecule has 1 aromatic carbocycles. The van der Waals surface area contributed by atoms with E-state index in [0.717, 1.165) is 16.7 Å². The fourth-order valence-electron chi connectivity index (χ4n) is 2.12. The third-order valence-electron chi connectivity index (χ3n) is 3.02. The molecule has 0 spiro atoms. The van der Waals surface area contributed by atoms with Gasteiger partial charge in [-0.05, 0) is 36.4 Å². The van der Waals surface area contributed by atoms with Crippen LogP contribution in [0.15, 0.2) is 47.0 Å². The Morgan fingerprint density at radius 2 is 2.16 bits per heavy atom.